The van der Waals surface area contributed by atoms with Gasteiger partial charge in [0.15, 0.2) is 0 Å². The minimum absolute atomic E-state index is 0.501. The highest BCUT2D eigenvalue weighted by Crippen LogP contribution is 2.32. The largest absolute Gasteiger partial charge is 0.489 e. The normalized spacial score (nSPS) is 10.4. The first-order valence-corrected chi connectivity index (χ1v) is 7.29. The summed E-state index contributed by atoms with van der Waals surface area (Å²) in [5, 5.41) is 1.86. The molecule has 0 aliphatic heterocycles. The number of alkyl halides is 1. The number of hydrogen-bond donors (Lipinski definition) is 0. The van der Waals surface area contributed by atoms with Gasteiger partial charge in [0.1, 0.15) is 12.4 Å². The van der Waals surface area contributed by atoms with Gasteiger partial charge in [0, 0.05) is 20.9 Å². The van der Waals surface area contributed by atoms with Gasteiger partial charge in [-0.2, -0.15) is 0 Å². The fourth-order valence-corrected chi connectivity index (χ4v) is 3.06. The lowest BCUT2D eigenvalue weighted by Crippen LogP contribution is -1.96. The van der Waals surface area contributed by atoms with Crippen LogP contribution in [0, 0.1) is 0 Å². The third kappa shape index (κ3) is 3.41. The zero-order valence-corrected chi connectivity index (χ0v) is 12.6. The summed E-state index contributed by atoms with van der Waals surface area (Å²) in [5.41, 5.74) is 1.99. The fraction of sp³-hybridized carbons (Fsp3) is 0.143. The van der Waals surface area contributed by atoms with E-state index in [1.54, 1.807) is 12.1 Å². The number of hydrogen-bond acceptors (Lipinski definition) is 1. The van der Waals surface area contributed by atoms with Gasteiger partial charge in [-0.1, -0.05) is 69.5 Å². The molecular weight excluding hydrogens is 335 g/mol. The Morgan fingerprint density at radius 2 is 1.61 bits per heavy atom. The van der Waals surface area contributed by atoms with E-state index in [0.29, 0.717) is 27.7 Å². The van der Waals surface area contributed by atoms with Gasteiger partial charge in [0.05, 0.1) is 0 Å². The Balaban J connectivity index is 2.11. The predicted molar refractivity (Wildman–Crippen MR) is 79.9 cm³/mol. The van der Waals surface area contributed by atoms with E-state index in [2.05, 4.69) is 15.9 Å². The molecule has 4 heteroatoms. The number of ether oxygens (including phenoxy) is 1. The van der Waals surface area contributed by atoms with Gasteiger partial charge >= 0.3 is 0 Å². The Morgan fingerprint density at radius 3 is 2.17 bits per heavy atom. The van der Waals surface area contributed by atoms with Crippen molar-refractivity contribution in [3.8, 4) is 5.75 Å². The first-order valence-electron chi connectivity index (χ1n) is 5.41. The van der Waals surface area contributed by atoms with Crippen LogP contribution in [0.1, 0.15) is 11.1 Å². The monoisotopic (exact) mass is 344 g/mol. The Morgan fingerprint density at radius 1 is 1.00 bits per heavy atom. The van der Waals surface area contributed by atoms with Gasteiger partial charge in [-0.05, 0) is 17.7 Å². The summed E-state index contributed by atoms with van der Waals surface area (Å²) < 4.78 is 5.67. The zero-order chi connectivity index (χ0) is 13.0. The Bertz CT molecular complexity index is 506. The van der Waals surface area contributed by atoms with E-state index < -0.39 is 0 Å². The molecule has 0 unspecified atom stereocenters. The van der Waals surface area contributed by atoms with E-state index in [9.17, 15) is 0 Å². The van der Waals surface area contributed by atoms with E-state index in [1.807, 2.05) is 30.3 Å². The molecule has 0 radical (unpaired) electrons. The smallest absolute Gasteiger partial charge is 0.122 e. The molecule has 18 heavy (non-hydrogen) atoms. The fourth-order valence-electron chi connectivity index (χ4n) is 1.53. The van der Waals surface area contributed by atoms with Crippen molar-refractivity contribution in [2.45, 2.75) is 11.9 Å². The molecular formula is C14H11BrCl2O. The summed E-state index contributed by atoms with van der Waals surface area (Å²) in [4.78, 5) is 0. The first kappa shape index (κ1) is 13.7. The van der Waals surface area contributed by atoms with Crippen molar-refractivity contribution in [1.82, 2.24) is 0 Å². The van der Waals surface area contributed by atoms with Crippen molar-refractivity contribution in [2.24, 2.45) is 0 Å². The lowest BCUT2D eigenvalue weighted by Gasteiger charge is -2.10. The summed E-state index contributed by atoms with van der Waals surface area (Å²) in [5.74, 6) is 0.679. The topological polar surface area (TPSA) is 9.23 Å². The average molecular weight is 346 g/mol. The third-order valence-corrected chi connectivity index (χ3v) is 3.73. The molecule has 0 atom stereocenters. The highest BCUT2D eigenvalue weighted by molar-refractivity contribution is 9.08. The second-order valence-electron chi connectivity index (χ2n) is 3.77. The third-order valence-electron chi connectivity index (χ3n) is 2.50. The lowest BCUT2D eigenvalue weighted by molar-refractivity contribution is 0.306. The van der Waals surface area contributed by atoms with Crippen LogP contribution < -0.4 is 4.74 Å². The van der Waals surface area contributed by atoms with Gasteiger partial charge in [-0.15, -0.1) is 0 Å². The van der Waals surface area contributed by atoms with Crippen LogP contribution in [0.3, 0.4) is 0 Å². The van der Waals surface area contributed by atoms with Gasteiger partial charge in [0.2, 0.25) is 0 Å². The van der Waals surface area contributed by atoms with Crippen LogP contribution in [0.15, 0.2) is 42.5 Å². The predicted octanol–water partition coefficient (Wildman–Crippen LogP) is 5.47. The second-order valence-corrected chi connectivity index (χ2v) is 5.15. The van der Waals surface area contributed by atoms with Gasteiger partial charge in [-0.3, -0.25) is 0 Å². The summed E-state index contributed by atoms with van der Waals surface area (Å²) in [6.45, 7) is 0.501. The number of rotatable bonds is 4. The molecule has 0 heterocycles. The molecule has 0 saturated heterocycles. The Kier molecular flexibility index (Phi) is 4.93. The molecule has 0 N–H and O–H groups in total. The maximum Gasteiger partial charge on any atom is 0.122 e. The van der Waals surface area contributed by atoms with Crippen LogP contribution in [0.4, 0.5) is 0 Å². The molecule has 0 aliphatic rings. The quantitative estimate of drug-likeness (QED) is 0.668. The lowest BCUT2D eigenvalue weighted by atomic mass is 10.2. The summed E-state index contributed by atoms with van der Waals surface area (Å²) >= 11 is 15.6. The number of benzene rings is 2. The standard InChI is InChI=1S/C14H11BrCl2O/c15-8-12-13(16)6-11(7-14(12)17)18-9-10-4-2-1-3-5-10/h1-7H,8-9H2. The van der Waals surface area contributed by atoms with Crippen molar-refractivity contribution < 1.29 is 4.74 Å². The Labute approximate surface area is 125 Å². The molecule has 0 bridgehead atoms. The van der Waals surface area contributed by atoms with E-state index in [-0.39, 0.29) is 0 Å². The molecule has 0 aliphatic carbocycles. The summed E-state index contributed by atoms with van der Waals surface area (Å²) in [6, 6.07) is 13.5. The van der Waals surface area contributed by atoms with Gasteiger partial charge in [0.25, 0.3) is 0 Å². The van der Waals surface area contributed by atoms with Crippen LogP contribution in [0.2, 0.25) is 10.0 Å². The maximum absolute atomic E-state index is 6.12. The van der Waals surface area contributed by atoms with Crippen LogP contribution in [0.5, 0.6) is 5.75 Å². The first-order chi connectivity index (χ1) is 8.70. The zero-order valence-electron chi connectivity index (χ0n) is 9.50. The van der Waals surface area contributed by atoms with Crippen LogP contribution in [0.25, 0.3) is 0 Å². The van der Waals surface area contributed by atoms with Crippen molar-refractivity contribution in [3.63, 3.8) is 0 Å². The average Bonchev–Trinajstić information content (AvgIpc) is 2.37. The molecule has 0 aromatic heterocycles. The van der Waals surface area contributed by atoms with Gasteiger partial charge < -0.3 is 4.74 Å². The van der Waals surface area contributed by atoms with Crippen molar-refractivity contribution >= 4 is 39.1 Å². The molecule has 2 rings (SSSR count). The van der Waals surface area contributed by atoms with Crippen molar-refractivity contribution in [1.29, 1.82) is 0 Å². The van der Waals surface area contributed by atoms with E-state index in [1.165, 1.54) is 0 Å². The number of halogens is 3. The molecule has 0 amide bonds. The Hall–Kier alpha value is -0.700. The molecule has 0 spiro atoms. The van der Waals surface area contributed by atoms with Crippen LogP contribution in [-0.2, 0) is 11.9 Å². The van der Waals surface area contributed by atoms with Crippen molar-refractivity contribution in [2.75, 3.05) is 0 Å². The molecule has 1 nitrogen and oxygen atoms in total. The maximum atomic E-state index is 6.12. The summed E-state index contributed by atoms with van der Waals surface area (Å²) in [7, 11) is 0. The highest BCUT2D eigenvalue weighted by atomic mass is 79.9. The van der Waals surface area contributed by atoms with Crippen LogP contribution >= 0.6 is 39.1 Å². The molecule has 0 fully saturated rings. The summed E-state index contributed by atoms with van der Waals surface area (Å²) in [6.07, 6.45) is 0. The van der Waals surface area contributed by atoms with E-state index in [4.69, 9.17) is 27.9 Å². The van der Waals surface area contributed by atoms with E-state index >= 15 is 0 Å². The molecule has 2 aromatic carbocycles. The van der Waals surface area contributed by atoms with Crippen LogP contribution in [-0.4, -0.2) is 0 Å². The van der Waals surface area contributed by atoms with Gasteiger partial charge in [-0.25, -0.2) is 0 Å². The second kappa shape index (κ2) is 6.46. The molecule has 2 aromatic rings. The highest BCUT2D eigenvalue weighted by Gasteiger charge is 2.07. The SMILES string of the molecule is Clc1cc(OCc2ccccc2)cc(Cl)c1CBr. The minimum Gasteiger partial charge on any atom is -0.489 e. The molecule has 94 valence electrons. The minimum atomic E-state index is 0.501. The van der Waals surface area contributed by atoms with Crippen molar-refractivity contribution in [3.05, 3.63) is 63.6 Å². The van der Waals surface area contributed by atoms with E-state index in [0.717, 1.165) is 11.1 Å². The molecule has 0 saturated carbocycles.